The highest BCUT2D eigenvalue weighted by Crippen LogP contribution is 2.36. The maximum atomic E-state index is 12.6. The highest BCUT2D eigenvalue weighted by Gasteiger charge is 2.39. The van der Waals surface area contributed by atoms with Crippen molar-refractivity contribution in [1.82, 2.24) is 0 Å². The number of hydrogen-bond donors (Lipinski definition) is 3. The number of hydrogen-bond acceptors (Lipinski definition) is 4. The highest BCUT2D eigenvalue weighted by atomic mass is 16.3. The average molecular weight is 374 g/mol. The average Bonchev–Trinajstić information content (AvgIpc) is 2.95. The number of para-hydroxylation sites is 2. The molecule has 0 bridgehead atoms. The van der Waals surface area contributed by atoms with E-state index >= 15 is 0 Å². The topological polar surface area (TPSA) is 92.4 Å². The lowest BCUT2D eigenvalue weighted by Crippen LogP contribution is -2.24. The van der Waals surface area contributed by atoms with Crippen molar-refractivity contribution in [2.75, 3.05) is 11.1 Å². The van der Waals surface area contributed by atoms with E-state index in [1.807, 2.05) is 30.4 Å². The van der Waals surface area contributed by atoms with Gasteiger partial charge in [0.2, 0.25) is 0 Å². The molecule has 142 valence electrons. The first-order chi connectivity index (χ1) is 13.5. The van der Waals surface area contributed by atoms with Crippen molar-refractivity contribution in [1.29, 1.82) is 0 Å². The smallest absolute Gasteiger partial charge is 0.255 e. The van der Waals surface area contributed by atoms with Gasteiger partial charge in [-0.1, -0.05) is 36.4 Å². The third kappa shape index (κ3) is 3.37. The Bertz CT molecular complexity index is 989. The molecule has 2 unspecified atom stereocenters. The normalized spacial score (nSPS) is 21.0. The number of amides is 1. The Hall–Kier alpha value is -3.18. The van der Waals surface area contributed by atoms with Crippen molar-refractivity contribution in [2.45, 2.75) is 25.4 Å². The van der Waals surface area contributed by atoms with Crippen LogP contribution in [0.1, 0.15) is 28.8 Å². The Morgan fingerprint density at radius 2 is 1.89 bits per heavy atom. The molecule has 5 nitrogen and oxygen atoms in total. The van der Waals surface area contributed by atoms with Gasteiger partial charge in [0.25, 0.3) is 5.91 Å². The number of rotatable bonds is 4. The molecule has 0 radical (unpaired) electrons. The minimum absolute atomic E-state index is 0.0493. The lowest BCUT2D eigenvalue weighted by molar-refractivity contribution is -0.120. The van der Waals surface area contributed by atoms with Crippen molar-refractivity contribution >= 4 is 23.1 Å². The van der Waals surface area contributed by atoms with Gasteiger partial charge in [-0.2, -0.15) is 0 Å². The van der Waals surface area contributed by atoms with Crippen LogP contribution < -0.4 is 11.1 Å². The molecule has 0 saturated carbocycles. The number of nitrogens with one attached hydrogen (secondary N) is 1. The molecular weight excluding hydrogens is 352 g/mol. The van der Waals surface area contributed by atoms with Crippen molar-refractivity contribution < 1.29 is 14.7 Å². The van der Waals surface area contributed by atoms with Gasteiger partial charge in [0.15, 0.2) is 5.78 Å². The predicted molar refractivity (Wildman–Crippen MR) is 109 cm³/mol. The third-order valence-corrected chi connectivity index (χ3v) is 5.42. The summed E-state index contributed by atoms with van der Waals surface area (Å²) in [6.07, 6.45) is 5.14. The summed E-state index contributed by atoms with van der Waals surface area (Å²) in [5.41, 5.74) is 9.90. The molecule has 0 fully saturated rings. The summed E-state index contributed by atoms with van der Waals surface area (Å²) in [7, 11) is 0. The van der Waals surface area contributed by atoms with Crippen LogP contribution in [-0.4, -0.2) is 22.9 Å². The number of nitrogen functional groups attached to an aromatic ring is 1. The van der Waals surface area contributed by atoms with E-state index in [0.29, 0.717) is 29.8 Å². The zero-order valence-corrected chi connectivity index (χ0v) is 15.4. The second kappa shape index (κ2) is 7.44. The van der Waals surface area contributed by atoms with Crippen LogP contribution >= 0.6 is 0 Å². The summed E-state index contributed by atoms with van der Waals surface area (Å²) in [4.78, 5) is 25.1. The van der Waals surface area contributed by atoms with Gasteiger partial charge in [-0.25, -0.2) is 0 Å². The van der Waals surface area contributed by atoms with Gasteiger partial charge < -0.3 is 16.2 Å². The first-order valence-electron chi connectivity index (χ1n) is 9.41. The quantitative estimate of drug-likeness (QED) is 0.716. The molecule has 2 aliphatic carbocycles. The zero-order chi connectivity index (χ0) is 19.7. The molecule has 2 aliphatic rings. The van der Waals surface area contributed by atoms with E-state index in [9.17, 15) is 14.7 Å². The van der Waals surface area contributed by atoms with Crippen molar-refractivity contribution in [3.05, 3.63) is 83.0 Å². The van der Waals surface area contributed by atoms with E-state index in [4.69, 9.17) is 5.73 Å². The van der Waals surface area contributed by atoms with Crippen LogP contribution in [0.15, 0.2) is 71.8 Å². The van der Waals surface area contributed by atoms with Crippen LogP contribution in [0.3, 0.4) is 0 Å². The van der Waals surface area contributed by atoms with Crippen molar-refractivity contribution in [2.24, 2.45) is 5.92 Å². The number of carbonyl (C=O) groups excluding carboxylic acids is 2. The van der Waals surface area contributed by atoms with E-state index < -0.39 is 12.0 Å². The summed E-state index contributed by atoms with van der Waals surface area (Å²) in [5, 5.41) is 13.3. The van der Waals surface area contributed by atoms with Crippen LogP contribution in [0, 0.1) is 5.92 Å². The Morgan fingerprint density at radius 1 is 1.14 bits per heavy atom. The van der Waals surface area contributed by atoms with E-state index in [1.54, 1.807) is 30.3 Å². The van der Waals surface area contributed by atoms with E-state index in [1.165, 1.54) is 0 Å². The number of allylic oxidation sites excluding steroid dienone is 2. The molecule has 2 atom stereocenters. The van der Waals surface area contributed by atoms with Crippen LogP contribution in [-0.2, 0) is 11.2 Å². The Labute approximate surface area is 163 Å². The van der Waals surface area contributed by atoms with Crippen molar-refractivity contribution in [3.63, 3.8) is 0 Å². The van der Waals surface area contributed by atoms with Crippen molar-refractivity contribution in [3.8, 4) is 0 Å². The number of ketones is 1. The van der Waals surface area contributed by atoms with Crippen LogP contribution in [0.25, 0.3) is 0 Å². The summed E-state index contributed by atoms with van der Waals surface area (Å²) in [6.45, 7) is 0. The molecule has 0 aliphatic heterocycles. The van der Waals surface area contributed by atoms with E-state index in [0.717, 1.165) is 23.1 Å². The fourth-order valence-corrected chi connectivity index (χ4v) is 3.87. The number of aliphatic hydroxyl groups excluding tert-OH is 1. The maximum Gasteiger partial charge on any atom is 0.255 e. The Balaban J connectivity index is 1.44. The van der Waals surface area contributed by atoms with Gasteiger partial charge in [-0.15, -0.1) is 0 Å². The minimum Gasteiger partial charge on any atom is -0.397 e. The second-order valence-corrected chi connectivity index (χ2v) is 7.23. The first-order valence-corrected chi connectivity index (χ1v) is 9.41. The van der Waals surface area contributed by atoms with Gasteiger partial charge in [0.1, 0.15) is 0 Å². The fourth-order valence-electron chi connectivity index (χ4n) is 3.87. The van der Waals surface area contributed by atoms with Gasteiger partial charge in [0.05, 0.1) is 23.4 Å². The number of Topliss-reactive ketones (excluding diaryl/α,β-unsaturated/α-hetero) is 1. The highest BCUT2D eigenvalue weighted by molar-refractivity contribution is 6.06. The molecule has 28 heavy (non-hydrogen) atoms. The van der Waals surface area contributed by atoms with Gasteiger partial charge >= 0.3 is 0 Å². The Kier molecular flexibility index (Phi) is 4.84. The number of nitrogens with two attached hydrogens (primary N) is 1. The van der Waals surface area contributed by atoms with Gasteiger partial charge in [-0.05, 0) is 54.7 Å². The molecule has 5 heteroatoms. The number of aliphatic hydroxyl groups is 1. The summed E-state index contributed by atoms with van der Waals surface area (Å²) < 4.78 is 0. The molecule has 2 aromatic rings. The van der Waals surface area contributed by atoms with E-state index in [-0.39, 0.29) is 11.7 Å². The molecule has 0 aromatic heterocycles. The lowest BCUT2D eigenvalue weighted by Gasteiger charge is -2.15. The third-order valence-electron chi connectivity index (χ3n) is 5.42. The molecular formula is C23H22N2O3. The zero-order valence-electron chi connectivity index (χ0n) is 15.4. The van der Waals surface area contributed by atoms with E-state index in [2.05, 4.69) is 5.32 Å². The van der Waals surface area contributed by atoms with Crippen LogP contribution in [0.2, 0.25) is 0 Å². The molecule has 0 spiro atoms. The lowest BCUT2D eigenvalue weighted by atomic mass is 9.92. The van der Waals surface area contributed by atoms with Crippen LogP contribution in [0.4, 0.5) is 11.4 Å². The number of benzene rings is 2. The van der Waals surface area contributed by atoms with Gasteiger partial charge in [0, 0.05) is 11.1 Å². The monoisotopic (exact) mass is 374 g/mol. The first kappa shape index (κ1) is 18.2. The summed E-state index contributed by atoms with van der Waals surface area (Å²) in [5.74, 6) is -0.645. The standard InChI is InChI=1S/C23H22N2O3/c24-19-7-3-4-8-20(19)25-23(28)15-11-9-14(10-12-15)13-18-21(26)16-5-1-2-6-17(16)22(18)27/h1,3-5,7-12,18,21,26H,2,6,13,24H2,(H,25,28). The molecule has 1 amide bonds. The second-order valence-electron chi connectivity index (χ2n) is 7.23. The molecule has 4 N–H and O–H groups in total. The maximum absolute atomic E-state index is 12.6. The SMILES string of the molecule is Nc1ccccc1NC(=O)c1ccc(CC2C(=O)C3=C(C=CCC3)C2O)cc1. The fraction of sp³-hybridized carbons (Fsp3) is 0.217. The van der Waals surface area contributed by atoms with Crippen LogP contribution in [0.5, 0.6) is 0 Å². The minimum atomic E-state index is -0.747. The largest absolute Gasteiger partial charge is 0.397 e. The molecule has 0 saturated heterocycles. The van der Waals surface area contributed by atoms with Gasteiger partial charge in [-0.3, -0.25) is 9.59 Å². The number of carbonyl (C=O) groups is 2. The molecule has 4 rings (SSSR count). The number of anilines is 2. The molecule has 2 aromatic carbocycles. The Morgan fingerprint density at radius 3 is 2.61 bits per heavy atom. The summed E-state index contributed by atoms with van der Waals surface area (Å²) in [6, 6.07) is 14.2. The molecule has 0 heterocycles. The predicted octanol–water partition coefficient (Wildman–Crippen LogP) is 3.27. The summed E-state index contributed by atoms with van der Waals surface area (Å²) >= 11 is 0.